The predicted molar refractivity (Wildman–Crippen MR) is 98.3 cm³/mol. The molecule has 1 aromatic heterocycles. The number of non-ortho nitro benzene ring substituents is 1. The Morgan fingerprint density at radius 2 is 2.00 bits per heavy atom. The molecule has 1 heterocycles. The molecule has 0 aliphatic heterocycles. The molecule has 0 saturated carbocycles. The Kier molecular flexibility index (Phi) is 5.16. The maximum Gasteiger partial charge on any atom is 0.270 e. The number of thioether (sulfide) groups is 1. The van der Waals surface area contributed by atoms with E-state index in [9.17, 15) is 10.1 Å². The smallest absolute Gasteiger partial charge is 0.270 e. The molecule has 0 unspecified atom stereocenters. The summed E-state index contributed by atoms with van der Waals surface area (Å²) in [4.78, 5) is 11.5. The van der Waals surface area contributed by atoms with Crippen LogP contribution in [0.4, 0.5) is 5.69 Å². The van der Waals surface area contributed by atoms with Gasteiger partial charge < -0.3 is 4.42 Å². The minimum Gasteiger partial charge on any atom is -0.415 e. The van der Waals surface area contributed by atoms with Gasteiger partial charge in [-0.2, -0.15) is 0 Å². The summed E-state index contributed by atoms with van der Waals surface area (Å²) in [6.45, 7) is 0. The van der Waals surface area contributed by atoms with Crippen molar-refractivity contribution >= 4 is 40.2 Å². The van der Waals surface area contributed by atoms with Gasteiger partial charge in [-0.3, -0.25) is 10.1 Å². The molecule has 3 aromatic rings. The van der Waals surface area contributed by atoms with Crippen molar-refractivity contribution in [2.45, 2.75) is 4.90 Å². The number of hydrogen-bond donors (Lipinski definition) is 0. The molecule has 0 fully saturated rings. The molecule has 3 rings (SSSR count). The predicted octanol–water partition coefficient (Wildman–Crippen LogP) is 5.10. The van der Waals surface area contributed by atoms with Gasteiger partial charge in [0.1, 0.15) is 5.03 Å². The molecule has 0 amide bonds. The molecule has 0 spiro atoms. The van der Waals surface area contributed by atoms with Gasteiger partial charge in [0, 0.05) is 22.6 Å². The summed E-state index contributed by atoms with van der Waals surface area (Å²) in [5.41, 5.74) is 1.31. The van der Waals surface area contributed by atoms with Crippen molar-refractivity contribution in [3.05, 3.63) is 70.1 Å². The molecule has 0 atom stereocenters. The summed E-state index contributed by atoms with van der Waals surface area (Å²) in [6.07, 6.45) is 3.72. The molecule has 8 heteroatoms. The van der Waals surface area contributed by atoms with E-state index in [4.69, 9.17) is 16.0 Å². The van der Waals surface area contributed by atoms with Crippen molar-refractivity contribution in [1.82, 2.24) is 10.2 Å². The van der Waals surface area contributed by atoms with E-state index in [2.05, 4.69) is 10.2 Å². The van der Waals surface area contributed by atoms with Crippen molar-refractivity contribution < 1.29 is 9.34 Å². The topological polar surface area (TPSA) is 82.1 Å². The Morgan fingerprint density at radius 1 is 1.24 bits per heavy atom. The van der Waals surface area contributed by atoms with Gasteiger partial charge in [-0.25, -0.2) is 0 Å². The summed E-state index contributed by atoms with van der Waals surface area (Å²) in [5.74, 6) is 0.320. The zero-order valence-electron chi connectivity index (χ0n) is 13.0. The average molecular weight is 374 g/mol. The molecule has 0 saturated heterocycles. The number of nitrogens with zero attached hydrogens (tertiary/aromatic N) is 3. The van der Waals surface area contributed by atoms with Crippen LogP contribution in [-0.4, -0.2) is 21.4 Å². The summed E-state index contributed by atoms with van der Waals surface area (Å²) in [7, 11) is 0. The van der Waals surface area contributed by atoms with Crippen LogP contribution in [0.5, 0.6) is 0 Å². The molecular weight excluding hydrogens is 362 g/mol. The van der Waals surface area contributed by atoms with Gasteiger partial charge in [-0.1, -0.05) is 29.8 Å². The molecule has 0 aliphatic carbocycles. The third kappa shape index (κ3) is 4.07. The summed E-state index contributed by atoms with van der Waals surface area (Å²) in [6, 6.07) is 13.8. The highest BCUT2D eigenvalue weighted by Gasteiger charge is 2.14. The second-order valence-electron chi connectivity index (χ2n) is 4.99. The molecule has 25 heavy (non-hydrogen) atoms. The zero-order valence-corrected chi connectivity index (χ0v) is 14.6. The van der Waals surface area contributed by atoms with Gasteiger partial charge in [0.2, 0.25) is 5.89 Å². The van der Waals surface area contributed by atoms with Crippen molar-refractivity contribution in [3.63, 3.8) is 0 Å². The van der Waals surface area contributed by atoms with E-state index >= 15 is 0 Å². The Hall–Kier alpha value is -2.64. The first-order chi connectivity index (χ1) is 12.1. The van der Waals surface area contributed by atoms with E-state index in [1.807, 2.05) is 30.5 Å². The highest BCUT2D eigenvalue weighted by molar-refractivity contribution is 7.98. The quantitative estimate of drug-likeness (QED) is 0.351. The van der Waals surface area contributed by atoms with Crippen LogP contribution < -0.4 is 0 Å². The first-order valence-electron chi connectivity index (χ1n) is 7.17. The number of rotatable bonds is 5. The zero-order chi connectivity index (χ0) is 17.8. The second-order valence-corrected chi connectivity index (χ2v) is 6.27. The lowest BCUT2D eigenvalue weighted by Gasteiger charge is -1.98. The first kappa shape index (κ1) is 17.2. The van der Waals surface area contributed by atoms with Gasteiger partial charge in [0.15, 0.2) is 0 Å². The molecule has 0 aliphatic rings. The van der Waals surface area contributed by atoms with Crippen LogP contribution >= 0.6 is 23.4 Å². The maximum atomic E-state index is 10.9. The van der Waals surface area contributed by atoms with Crippen LogP contribution in [-0.2, 0) is 0 Å². The number of hydrogen-bond acceptors (Lipinski definition) is 6. The Balaban J connectivity index is 1.86. The summed E-state index contributed by atoms with van der Waals surface area (Å²) < 4.78 is 5.53. The van der Waals surface area contributed by atoms with Crippen molar-refractivity contribution in [3.8, 4) is 11.5 Å². The Labute approximate surface area is 152 Å². The number of aromatic nitrogens is 2. The third-order valence-corrected chi connectivity index (χ3v) is 4.36. The number of nitro benzene ring substituents is 1. The maximum absolute atomic E-state index is 10.9. The van der Waals surface area contributed by atoms with Gasteiger partial charge in [-0.15, -0.1) is 22.0 Å². The van der Waals surface area contributed by atoms with Gasteiger partial charge in [0.05, 0.1) is 4.92 Å². The standard InChI is InChI=1S/C17H12ClN3O3S/c1-25-14-7-5-11(6-8-14)9-15(18)17-20-19-16(24-17)12-3-2-4-13(10-12)21(22)23/h2-10H,1H3/b15-9-. The second kappa shape index (κ2) is 7.50. The SMILES string of the molecule is CSc1ccc(/C=C(\Cl)c2nnc(-c3cccc([N+](=O)[O-])c3)o2)cc1. The highest BCUT2D eigenvalue weighted by atomic mass is 35.5. The fraction of sp³-hybridized carbons (Fsp3) is 0.0588. The Bertz CT molecular complexity index is 938. The van der Waals surface area contributed by atoms with Crippen LogP contribution in [0.15, 0.2) is 57.8 Å². The summed E-state index contributed by atoms with van der Waals surface area (Å²) >= 11 is 7.90. The monoisotopic (exact) mass is 373 g/mol. The van der Waals surface area contributed by atoms with Gasteiger partial charge in [0.25, 0.3) is 11.6 Å². The van der Waals surface area contributed by atoms with E-state index in [0.717, 1.165) is 10.5 Å². The molecule has 0 bridgehead atoms. The average Bonchev–Trinajstić information content (AvgIpc) is 3.13. The van der Waals surface area contributed by atoms with Crippen molar-refractivity contribution in [2.24, 2.45) is 0 Å². The molecule has 126 valence electrons. The van der Waals surface area contributed by atoms with Crippen LogP contribution in [0.25, 0.3) is 22.6 Å². The number of nitro groups is 1. The lowest BCUT2D eigenvalue weighted by molar-refractivity contribution is -0.384. The van der Waals surface area contributed by atoms with Gasteiger partial charge in [-0.05, 0) is 36.1 Å². The lowest BCUT2D eigenvalue weighted by Crippen LogP contribution is -1.88. The molecular formula is C17H12ClN3O3S. The fourth-order valence-electron chi connectivity index (χ4n) is 2.10. The first-order valence-corrected chi connectivity index (χ1v) is 8.77. The van der Waals surface area contributed by atoms with Crippen molar-refractivity contribution in [1.29, 1.82) is 0 Å². The van der Waals surface area contributed by atoms with Crippen LogP contribution in [0.3, 0.4) is 0 Å². The largest absolute Gasteiger partial charge is 0.415 e. The fourth-order valence-corrected chi connectivity index (χ4v) is 2.71. The highest BCUT2D eigenvalue weighted by Crippen LogP contribution is 2.27. The van der Waals surface area contributed by atoms with E-state index in [0.29, 0.717) is 10.6 Å². The Morgan fingerprint density at radius 3 is 2.68 bits per heavy atom. The van der Waals surface area contributed by atoms with Crippen LogP contribution in [0.1, 0.15) is 11.5 Å². The van der Waals surface area contributed by atoms with Crippen molar-refractivity contribution in [2.75, 3.05) is 6.26 Å². The molecule has 2 aromatic carbocycles. The number of halogens is 1. The van der Waals surface area contributed by atoms with Crippen LogP contribution in [0.2, 0.25) is 0 Å². The number of benzene rings is 2. The minimum atomic E-state index is -0.480. The summed E-state index contributed by atoms with van der Waals surface area (Å²) in [5, 5.41) is 19.0. The third-order valence-electron chi connectivity index (χ3n) is 3.34. The van der Waals surface area contributed by atoms with E-state index in [1.54, 1.807) is 30.0 Å². The normalized spacial score (nSPS) is 11.5. The molecule has 6 nitrogen and oxygen atoms in total. The lowest BCUT2D eigenvalue weighted by atomic mass is 10.2. The van der Waals surface area contributed by atoms with Crippen LogP contribution in [0, 0.1) is 10.1 Å². The minimum absolute atomic E-state index is 0.0484. The molecule has 0 radical (unpaired) electrons. The van der Waals surface area contributed by atoms with E-state index in [1.165, 1.54) is 12.1 Å². The van der Waals surface area contributed by atoms with Gasteiger partial charge >= 0.3 is 0 Å². The van der Waals surface area contributed by atoms with E-state index in [-0.39, 0.29) is 17.5 Å². The molecule has 0 N–H and O–H groups in total. The van der Waals surface area contributed by atoms with E-state index < -0.39 is 4.92 Å².